The van der Waals surface area contributed by atoms with Crippen molar-refractivity contribution in [2.75, 3.05) is 4.43 Å². The highest BCUT2D eigenvalue weighted by atomic mass is 127. The number of halogens is 2. The van der Waals surface area contributed by atoms with Crippen molar-refractivity contribution < 1.29 is 4.43 Å². The Balaban J connectivity index is 0. The van der Waals surface area contributed by atoms with E-state index in [4.69, 9.17) is 4.43 Å². The van der Waals surface area contributed by atoms with E-state index in [9.17, 15) is 0 Å². The SMILES string of the molecule is CC(C)(C)[Si](C)(C)OC(P)CCC=C=CCI.I. The summed E-state index contributed by atoms with van der Waals surface area (Å²) in [5, 5.41) is 0.290. The first-order chi connectivity index (χ1) is 7.70. The fourth-order valence-electron chi connectivity index (χ4n) is 1.07. The van der Waals surface area contributed by atoms with E-state index >= 15 is 0 Å². The van der Waals surface area contributed by atoms with Crippen LogP contribution < -0.4 is 0 Å². The van der Waals surface area contributed by atoms with E-state index in [0.29, 0.717) is 5.04 Å². The highest BCUT2D eigenvalue weighted by Gasteiger charge is 2.38. The molecule has 0 rings (SSSR count). The highest BCUT2D eigenvalue weighted by molar-refractivity contribution is 14.1. The lowest BCUT2D eigenvalue weighted by Crippen LogP contribution is -2.42. The van der Waals surface area contributed by atoms with Crippen molar-refractivity contribution in [3.8, 4) is 0 Å². The maximum absolute atomic E-state index is 6.25. The first kappa shape index (κ1) is 21.9. The van der Waals surface area contributed by atoms with Crippen LogP contribution in [0.3, 0.4) is 0 Å². The van der Waals surface area contributed by atoms with Gasteiger partial charge in [0.05, 0.1) is 5.85 Å². The largest absolute Gasteiger partial charge is 0.411 e. The van der Waals surface area contributed by atoms with Crippen molar-refractivity contribution in [3.63, 3.8) is 0 Å². The van der Waals surface area contributed by atoms with Crippen molar-refractivity contribution in [3.05, 3.63) is 17.9 Å². The van der Waals surface area contributed by atoms with Crippen LogP contribution in [0, 0.1) is 0 Å². The van der Waals surface area contributed by atoms with Gasteiger partial charge in [0.2, 0.25) is 0 Å². The lowest BCUT2D eigenvalue weighted by molar-refractivity contribution is 0.251. The molecular weight excluding hydrogens is 485 g/mol. The number of allylic oxidation sites excluding steroid dienone is 1. The van der Waals surface area contributed by atoms with Gasteiger partial charge in [0, 0.05) is 4.43 Å². The Bertz CT molecular complexity index is 281. The van der Waals surface area contributed by atoms with Gasteiger partial charge < -0.3 is 4.43 Å². The number of hydrogen-bond donors (Lipinski definition) is 0. The highest BCUT2D eigenvalue weighted by Crippen LogP contribution is 2.38. The number of alkyl halides is 1. The van der Waals surface area contributed by atoms with E-state index in [-0.39, 0.29) is 29.8 Å². The first-order valence-corrected chi connectivity index (χ1v) is 11.2. The van der Waals surface area contributed by atoms with Crippen LogP contribution in [0.5, 0.6) is 0 Å². The summed E-state index contributed by atoms with van der Waals surface area (Å²) in [5.41, 5.74) is 3.17. The van der Waals surface area contributed by atoms with Crippen LogP contribution in [0.4, 0.5) is 0 Å². The van der Waals surface area contributed by atoms with E-state index in [0.717, 1.165) is 17.3 Å². The molecule has 0 heterocycles. The van der Waals surface area contributed by atoms with Gasteiger partial charge >= 0.3 is 0 Å². The summed E-state index contributed by atoms with van der Waals surface area (Å²) in [6.45, 7) is 11.4. The van der Waals surface area contributed by atoms with Crippen molar-refractivity contribution >= 4 is 64.1 Å². The molecule has 0 N–H and O–H groups in total. The minimum Gasteiger partial charge on any atom is -0.411 e. The van der Waals surface area contributed by atoms with Gasteiger partial charge in [-0.15, -0.1) is 38.9 Å². The molecule has 0 aromatic carbocycles. The molecule has 0 aliphatic carbocycles. The molecule has 0 saturated heterocycles. The quantitative estimate of drug-likeness (QED) is 0.145. The second-order valence-electron chi connectivity index (χ2n) is 5.72. The molecule has 0 spiro atoms. The van der Waals surface area contributed by atoms with Crippen molar-refractivity contribution in [2.24, 2.45) is 0 Å². The van der Waals surface area contributed by atoms with Gasteiger partial charge in [0.15, 0.2) is 8.32 Å². The molecule has 0 radical (unpaired) electrons. The second-order valence-corrected chi connectivity index (χ2v) is 12.1. The molecule has 0 aliphatic rings. The van der Waals surface area contributed by atoms with Crippen LogP contribution in [-0.4, -0.2) is 18.6 Å². The molecule has 0 fully saturated rings. The second kappa shape index (κ2) is 10.3. The zero-order chi connectivity index (χ0) is 13.5. The summed E-state index contributed by atoms with van der Waals surface area (Å²) in [6, 6.07) is 0. The Morgan fingerprint density at radius 3 is 2.33 bits per heavy atom. The maximum atomic E-state index is 6.25. The lowest BCUT2D eigenvalue weighted by atomic mass is 10.2. The smallest absolute Gasteiger partial charge is 0.192 e. The van der Waals surface area contributed by atoms with E-state index in [1.54, 1.807) is 0 Å². The predicted molar refractivity (Wildman–Crippen MR) is 108 cm³/mol. The molecule has 1 nitrogen and oxygen atoms in total. The molecule has 2 unspecified atom stereocenters. The van der Waals surface area contributed by atoms with Gasteiger partial charge in [0.25, 0.3) is 0 Å². The Kier molecular flexibility index (Phi) is 12.6. The summed E-state index contributed by atoms with van der Waals surface area (Å²) in [7, 11) is 1.22. The monoisotopic (exact) mass is 512 g/mol. The molecule has 5 heteroatoms. The molecule has 0 aromatic heterocycles. The normalized spacial score (nSPS) is 13.3. The lowest BCUT2D eigenvalue weighted by Gasteiger charge is -2.38. The summed E-state index contributed by atoms with van der Waals surface area (Å²) < 4.78 is 7.28. The Morgan fingerprint density at radius 2 is 1.89 bits per heavy atom. The fraction of sp³-hybridized carbons (Fsp3) is 0.769. The summed E-state index contributed by atoms with van der Waals surface area (Å²) >= 11 is 2.32. The molecule has 0 saturated carbocycles. The molecule has 0 aliphatic heterocycles. The number of rotatable bonds is 6. The third-order valence-corrected chi connectivity index (χ3v) is 8.85. The summed E-state index contributed by atoms with van der Waals surface area (Å²) in [4.78, 5) is 0. The third kappa shape index (κ3) is 9.48. The molecule has 2 atom stereocenters. The zero-order valence-corrected chi connectivity index (χ0v) is 18.8. The van der Waals surface area contributed by atoms with E-state index < -0.39 is 8.32 Å². The fourth-order valence-corrected chi connectivity index (χ4v) is 3.77. The zero-order valence-electron chi connectivity index (χ0n) is 12.1. The van der Waals surface area contributed by atoms with Gasteiger partial charge in [-0.1, -0.05) is 43.4 Å². The first-order valence-electron chi connectivity index (χ1n) is 6.09. The average Bonchev–Trinajstić information content (AvgIpc) is 2.14. The van der Waals surface area contributed by atoms with Gasteiger partial charge in [0.1, 0.15) is 0 Å². The van der Waals surface area contributed by atoms with E-state index in [1.165, 1.54) is 0 Å². The minimum absolute atomic E-state index is 0. The van der Waals surface area contributed by atoms with Crippen LogP contribution in [0.15, 0.2) is 17.9 Å². The third-order valence-electron chi connectivity index (χ3n) is 3.16. The van der Waals surface area contributed by atoms with Crippen molar-refractivity contribution in [2.45, 2.75) is 57.6 Å². The van der Waals surface area contributed by atoms with Crippen LogP contribution in [0.2, 0.25) is 18.1 Å². The van der Waals surface area contributed by atoms with Gasteiger partial charge in [-0.05, 0) is 43.1 Å². The molecular formula is C13H27I2OPSi. The van der Waals surface area contributed by atoms with Gasteiger partial charge in [-0.25, -0.2) is 0 Å². The van der Waals surface area contributed by atoms with Crippen molar-refractivity contribution in [1.82, 2.24) is 0 Å². The van der Waals surface area contributed by atoms with Crippen LogP contribution in [0.25, 0.3) is 0 Å². The summed E-state index contributed by atoms with van der Waals surface area (Å²) in [6.07, 6.45) is 6.24. The Labute approximate surface area is 147 Å². The Morgan fingerprint density at radius 1 is 1.33 bits per heavy atom. The number of hydrogen-bond acceptors (Lipinski definition) is 1. The molecule has 0 aromatic rings. The van der Waals surface area contributed by atoms with Gasteiger partial charge in [-0.2, -0.15) is 0 Å². The molecule has 0 amide bonds. The van der Waals surface area contributed by atoms with Crippen LogP contribution >= 0.6 is 55.8 Å². The standard InChI is InChI=1S/C13H26IOPSi.HI/c1-13(2,3)17(4,5)15-12(16)10-8-6-7-9-11-14;/h6,9,12H,8,10-11,16H2,1-5H3;1H. The molecule has 0 bridgehead atoms. The predicted octanol–water partition coefficient (Wildman–Crippen LogP) is 5.75. The van der Waals surface area contributed by atoms with Crippen LogP contribution in [-0.2, 0) is 4.43 Å². The Hall–Kier alpha value is 1.59. The van der Waals surface area contributed by atoms with Crippen LogP contribution in [0.1, 0.15) is 33.6 Å². The molecule has 108 valence electrons. The average molecular weight is 512 g/mol. The minimum atomic E-state index is -1.61. The van der Waals surface area contributed by atoms with Gasteiger partial charge in [-0.3, -0.25) is 0 Å². The topological polar surface area (TPSA) is 9.23 Å². The molecule has 18 heavy (non-hydrogen) atoms. The maximum Gasteiger partial charge on any atom is 0.192 e. The summed E-state index contributed by atoms with van der Waals surface area (Å²) in [5.74, 6) is 0.272. The van der Waals surface area contributed by atoms with E-state index in [2.05, 4.69) is 77.5 Å². The van der Waals surface area contributed by atoms with E-state index in [1.807, 2.05) is 6.08 Å². The van der Waals surface area contributed by atoms with Crippen molar-refractivity contribution in [1.29, 1.82) is 0 Å².